The summed E-state index contributed by atoms with van der Waals surface area (Å²) in [6.45, 7) is 4.26. The first-order valence-corrected chi connectivity index (χ1v) is 7.13. The molecule has 0 saturated carbocycles. The van der Waals surface area contributed by atoms with Gasteiger partial charge in [-0.25, -0.2) is 4.98 Å². The van der Waals surface area contributed by atoms with E-state index in [0.717, 1.165) is 5.69 Å². The Labute approximate surface area is 129 Å². The minimum Gasteiger partial charge on any atom is -0.373 e. The van der Waals surface area contributed by atoms with Gasteiger partial charge in [0.2, 0.25) is 0 Å². The summed E-state index contributed by atoms with van der Waals surface area (Å²) < 4.78 is 0. The Bertz CT molecular complexity index is 638. The molecule has 0 spiro atoms. The first-order valence-electron chi connectivity index (χ1n) is 6.76. The van der Waals surface area contributed by atoms with Crippen LogP contribution in [-0.2, 0) is 0 Å². The minimum atomic E-state index is -0.254. The lowest BCUT2D eigenvalue weighted by Gasteiger charge is -2.10. The smallest absolute Gasteiger partial charge is 0.257 e. The molecule has 1 aromatic heterocycles. The lowest BCUT2D eigenvalue weighted by molar-refractivity contribution is 0.102. The maximum atomic E-state index is 12.3. The van der Waals surface area contributed by atoms with Crippen molar-refractivity contribution in [1.82, 2.24) is 4.98 Å². The molecule has 2 N–H and O–H groups in total. The van der Waals surface area contributed by atoms with Gasteiger partial charge < -0.3 is 10.6 Å². The molecule has 1 aromatic carbocycles. The fraction of sp³-hybridized carbons (Fsp3) is 0.250. The van der Waals surface area contributed by atoms with Crippen LogP contribution >= 0.6 is 11.6 Å². The van der Waals surface area contributed by atoms with Crippen LogP contribution in [0.15, 0.2) is 36.5 Å². The Morgan fingerprint density at radius 3 is 2.48 bits per heavy atom. The highest BCUT2D eigenvalue weighted by Gasteiger charge is 2.12. The number of nitrogens with zero attached hydrogens (tertiary/aromatic N) is 1. The Kier molecular flexibility index (Phi) is 4.81. The van der Waals surface area contributed by atoms with Crippen LogP contribution in [-0.4, -0.2) is 17.9 Å². The van der Waals surface area contributed by atoms with Crippen molar-refractivity contribution in [3.63, 3.8) is 0 Å². The van der Waals surface area contributed by atoms with E-state index in [4.69, 9.17) is 11.6 Å². The number of hydrogen-bond acceptors (Lipinski definition) is 3. The Morgan fingerprint density at radius 2 is 1.90 bits per heavy atom. The van der Waals surface area contributed by atoms with E-state index in [9.17, 15) is 4.79 Å². The van der Waals surface area contributed by atoms with Gasteiger partial charge in [0.15, 0.2) is 0 Å². The van der Waals surface area contributed by atoms with Gasteiger partial charge in [-0.2, -0.15) is 0 Å². The number of nitrogens with one attached hydrogen (secondary N) is 2. The molecule has 4 nitrogen and oxygen atoms in total. The summed E-state index contributed by atoms with van der Waals surface area (Å²) in [7, 11) is 1.74. The van der Waals surface area contributed by atoms with Gasteiger partial charge in [0.1, 0.15) is 5.82 Å². The van der Waals surface area contributed by atoms with Crippen molar-refractivity contribution in [2.24, 2.45) is 0 Å². The highest BCUT2D eigenvalue weighted by molar-refractivity contribution is 6.34. The molecule has 0 aliphatic carbocycles. The standard InChI is InChI=1S/C16H18ClN3O/c1-10(2)11-4-6-12(7-5-11)20-16(21)13-8-15(18-3)19-9-14(13)17/h4-10H,1-3H3,(H,18,19)(H,20,21). The number of halogens is 1. The van der Waals surface area contributed by atoms with E-state index < -0.39 is 0 Å². The maximum Gasteiger partial charge on any atom is 0.257 e. The highest BCUT2D eigenvalue weighted by Crippen LogP contribution is 2.21. The third-order valence-electron chi connectivity index (χ3n) is 3.19. The third-order valence-corrected chi connectivity index (χ3v) is 3.49. The summed E-state index contributed by atoms with van der Waals surface area (Å²) in [6.07, 6.45) is 1.46. The highest BCUT2D eigenvalue weighted by atomic mass is 35.5. The number of aromatic nitrogens is 1. The molecule has 0 aliphatic rings. The molecule has 2 aromatic rings. The summed E-state index contributed by atoms with van der Waals surface area (Å²) in [6, 6.07) is 9.42. The largest absolute Gasteiger partial charge is 0.373 e. The summed E-state index contributed by atoms with van der Waals surface area (Å²) in [5.74, 6) is 0.804. The van der Waals surface area contributed by atoms with Crippen molar-refractivity contribution in [3.8, 4) is 0 Å². The SMILES string of the molecule is CNc1cc(C(=O)Nc2ccc(C(C)C)cc2)c(Cl)cn1. The molecule has 0 saturated heterocycles. The van der Waals surface area contributed by atoms with Crippen molar-refractivity contribution in [3.05, 3.63) is 52.7 Å². The zero-order valence-corrected chi connectivity index (χ0v) is 13.0. The van der Waals surface area contributed by atoms with E-state index in [1.165, 1.54) is 11.8 Å². The molecule has 0 aliphatic heterocycles. The second-order valence-electron chi connectivity index (χ2n) is 5.03. The fourth-order valence-electron chi connectivity index (χ4n) is 1.90. The van der Waals surface area contributed by atoms with Gasteiger partial charge in [-0.15, -0.1) is 0 Å². The minimum absolute atomic E-state index is 0.254. The van der Waals surface area contributed by atoms with E-state index in [2.05, 4.69) is 29.5 Å². The average Bonchev–Trinajstić information content (AvgIpc) is 2.48. The van der Waals surface area contributed by atoms with Crippen LogP contribution in [0.25, 0.3) is 0 Å². The molecule has 1 amide bonds. The molecular weight excluding hydrogens is 286 g/mol. The first-order chi connectivity index (χ1) is 10.0. The van der Waals surface area contributed by atoms with E-state index in [1.54, 1.807) is 13.1 Å². The van der Waals surface area contributed by atoms with Crippen LogP contribution in [0.1, 0.15) is 35.7 Å². The van der Waals surface area contributed by atoms with Crippen molar-refractivity contribution in [2.75, 3.05) is 17.7 Å². The zero-order valence-electron chi connectivity index (χ0n) is 12.3. The predicted molar refractivity (Wildman–Crippen MR) is 87.3 cm³/mol. The number of carbonyl (C=O) groups excluding carboxylic acids is 1. The Balaban J connectivity index is 2.17. The van der Waals surface area contributed by atoms with Crippen LogP contribution in [0.3, 0.4) is 0 Å². The van der Waals surface area contributed by atoms with Crippen LogP contribution in [0, 0.1) is 0 Å². The third kappa shape index (κ3) is 3.73. The number of benzene rings is 1. The summed E-state index contributed by atoms with van der Waals surface area (Å²) in [5.41, 5.74) is 2.36. The van der Waals surface area contributed by atoms with Crippen molar-refractivity contribution >= 4 is 29.0 Å². The number of hydrogen-bond donors (Lipinski definition) is 2. The van der Waals surface area contributed by atoms with Crippen molar-refractivity contribution in [2.45, 2.75) is 19.8 Å². The average molecular weight is 304 g/mol. The predicted octanol–water partition coefficient (Wildman–Crippen LogP) is 4.15. The topological polar surface area (TPSA) is 54.0 Å². The second kappa shape index (κ2) is 6.59. The van der Waals surface area contributed by atoms with Gasteiger partial charge in [0.05, 0.1) is 10.6 Å². The first kappa shape index (κ1) is 15.3. The lowest BCUT2D eigenvalue weighted by atomic mass is 10.0. The summed E-state index contributed by atoms with van der Waals surface area (Å²) >= 11 is 6.03. The number of anilines is 2. The van der Waals surface area contributed by atoms with Crippen molar-refractivity contribution in [1.29, 1.82) is 0 Å². The number of rotatable bonds is 4. The van der Waals surface area contributed by atoms with Gasteiger partial charge >= 0.3 is 0 Å². The van der Waals surface area contributed by atoms with Gasteiger partial charge in [-0.3, -0.25) is 4.79 Å². The van der Waals surface area contributed by atoms with Gasteiger partial charge in [-0.05, 0) is 29.7 Å². The van der Waals surface area contributed by atoms with E-state index >= 15 is 0 Å². The van der Waals surface area contributed by atoms with Crippen molar-refractivity contribution < 1.29 is 4.79 Å². The van der Waals surface area contributed by atoms with E-state index in [0.29, 0.717) is 22.3 Å². The molecule has 0 fully saturated rings. The number of carbonyl (C=O) groups is 1. The monoisotopic (exact) mass is 303 g/mol. The molecule has 0 atom stereocenters. The van der Waals surface area contributed by atoms with Crippen LogP contribution < -0.4 is 10.6 Å². The molecule has 2 rings (SSSR count). The molecule has 0 bridgehead atoms. The molecule has 0 unspecified atom stereocenters. The van der Waals surface area contributed by atoms with Gasteiger partial charge in [0, 0.05) is 18.9 Å². The molecule has 5 heteroatoms. The molecule has 0 radical (unpaired) electrons. The Morgan fingerprint density at radius 1 is 1.24 bits per heavy atom. The summed E-state index contributed by atoms with van der Waals surface area (Å²) in [5, 5.41) is 6.05. The summed E-state index contributed by atoms with van der Waals surface area (Å²) in [4.78, 5) is 16.3. The number of amides is 1. The van der Waals surface area contributed by atoms with Crippen LogP contribution in [0.4, 0.5) is 11.5 Å². The fourth-order valence-corrected chi connectivity index (χ4v) is 2.09. The second-order valence-corrected chi connectivity index (χ2v) is 5.44. The zero-order chi connectivity index (χ0) is 15.4. The van der Waals surface area contributed by atoms with E-state index in [-0.39, 0.29) is 5.91 Å². The quantitative estimate of drug-likeness (QED) is 0.892. The normalized spacial score (nSPS) is 10.5. The molecule has 110 valence electrons. The Hall–Kier alpha value is -2.07. The number of pyridine rings is 1. The van der Waals surface area contributed by atoms with Crippen LogP contribution in [0.5, 0.6) is 0 Å². The van der Waals surface area contributed by atoms with Gasteiger partial charge in [-0.1, -0.05) is 37.6 Å². The molecule has 21 heavy (non-hydrogen) atoms. The maximum absolute atomic E-state index is 12.3. The van der Waals surface area contributed by atoms with E-state index in [1.807, 2.05) is 24.3 Å². The molecular formula is C16H18ClN3O. The van der Waals surface area contributed by atoms with Crippen LogP contribution in [0.2, 0.25) is 5.02 Å². The van der Waals surface area contributed by atoms with Gasteiger partial charge in [0.25, 0.3) is 5.91 Å². The lowest BCUT2D eigenvalue weighted by Crippen LogP contribution is -2.13. The molecule has 1 heterocycles.